The van der Waals surface area contributed by atoms with Crippen LogP contribution in [0.3, 0.4) is 0 Å². The Balaban J connectivity index is 2.67. The summed E-state index contributed by atoms with van der Waals surface area (Å²) in [5, 5.41) is 0. The molecule has 0 aromatic heterocycles. The summed E-state index contributed by atoms with van der Waals surface area (Å²) in [6, 6.07) is 0. The van der Waals surface area contributed by atoms with Gasteiger partial charge in [0.05, 0.1) is 0 Å². The van der Waals surface area contributed by atoms with Crippen LogP contribution >= 0.6 is 15.9 Å². The fourth-order valence-electron chi connectivity index (χ4n) is 1.31. The summed E-state index contributed by atoms with van der Waals surface area (Å²) >= 11 is 2.92. The molecular weight excluding hydrogens is 230 g/mol. The molecule has 0 saturated heterocycles. The molecule has 0 spiro atoms. The highest BCUT2D eigenvalue weighted by atomic mass is 79.9. The Kier molecular flexibility index (Phi) is 3.56. The third-order valence-corrected chi connectivity index (χ3v) is 2.55. The van der Waals surface area contributed by atoms with Crippen LogP contribution in [0.2, 0.25) is 0 Å². The highest BCUT2D eigenvalue weighted by molar-refractivity contribution is 9.12. The third kappa shape index (κ3) is 2.60. The maximum Gasteiger partial charge on any atom is 0.299 e. The number of hydrogen-bond donors (Lipinski definition) is 0. The number of halogens is 1. The molecule has 13 heavy (non-hydrogen) atoms. The largest absolute Gasteiger partial charge is 0.328 e. The van der Waals surface area contributed by atoms with Crippen molar-refractivity contribution in [3.63, 3.8) is 0 Å². The molecule has 1 aliphatic heterocycles. The minimum Gasteiger partial charge on any atom is -0.328 e. The molecule has 3 heteroatoms. The summed E-state index contributed by atoms with van der Waals surface area (Å²) < 4.78 is 0. The van der Waals surface area contributed by atoms with Crippen LogP contribution < -0.4 is 0 Å². The zero-order valence-electron chi connectivity index (χ0n) is 7.85. The van der Waals surface area contributed by atoms with Crippen molar-refractivity contribution < 1.29 is 4.79 Å². The lowest BCUT2D eigenvalue weighted by atomic mass is 10.0. The van der Waals surface area contributed by atoms with Crippen LogP contribution in [0.15, 0.2) is 11.1 Å². The Bertz CT molecular complexity index is 309. The van der Waals surface area contributed by atoms with Gasteiger partial charge < -0.3 is 4.90 Å². The molecule has 0 radical (unpaired) electrons. The SMILES string of the molecule is CC1=C(C)CN(C(=O)C#CBr)CC1. The van der Waals surface area contributed by atoms with Gasteiger partial charge >= 0.3 is 0 Å². The summed E-state index contributed by atoms with van der Waals surface area (Å²) in [6.07, 6.45) is 0.974. The first-order valence-corrected chi connectivity index (χ1v) is 5.00. The van der Waals surface area contributed by atoms with Crippen molar-refractivity contribution in [2.24, 2.45) is 0 Å². The van der Waals surface area contributed by atoms with E-state index >= 15 is 0 Å². The second-order valence-electron chi connectivity index (χ2n) is 3.26. The van der Waals surface area contributed by atoms with Gasteiger partial charge in [-0.15, -0.1) is 0 Å². The normalized spacial score (nSPS) is 16.7. The van der Waals surface area contributed by atoms with E-state index in [2.05, 4.69) is 40.5 Å². The van der Waals surface area contributed by atoms with E-state index in [4.69, 9.17) is 0 Å². The van der Waals surface area contributed by atoms with Gasteiger partial charge in [-0.2, -0.15) is 0 Å². The van der Waals surface area contributed by atoms with Gasteiger partial charge in [0, 0.05) is 34.9 Å². The lowest BCUT2D eigenvalue weighted by Gasteiger charge is -2.26. The maximum atomic E-state index is 11.4. The van der Waals surface area contributed by atoms with E-state index in [1.165, 1.54) is 11.1 Å². The first-order valence-electron chi connectivity index (χ1n) is 4.21. The number of carbonyl (C=O) groups is 1. The highest BCUT2D eigenvalue weighted by Gasteiger charge is 2.16. The molecule has 1 aliphatic rings. The number of nitrogens with zero attached hydrogens (tertiary/aromatic N) is 1. The topological polar surface area (TPSA) is 20.3 Å². The number of rotatable bonds is 0. The van der Waals surface area contributed by atoms with E-state index < -0.39 is 0 Å². The molecule has 0 saturated carbocycles. The molecule has 70 valence electrons. The molecule has 2 nitrogen and oxygen atoms in total. The Hall–Kier alpha value is -0.750. The van der Waals surface area contributed by atoms with Crippen LogP contribution in [0.25, 0.3) is 0 Å². The van der Waals surface area contributed by atoms with Gasteiger partial charge in [-0.3, -0.25) is 4.79 Å². The number of carbonyl (C=O) groups excluding carboxylic acids is 1. The van der Waals surface area contributed by atoms with E-state index in [1.807, 2.05) is 0 Å². The number of amides is 1. The van der Waals surface area contributed by atoms with E-state index in [9.17, 15) is 4.79 Å². The van der Waals surface area contributed by atoms with Gasteiger partial charge in [0.15, 0.2) is 0 Å². The zero-order valence-corrected chi connectivity index (χ0v) is 9.44. The van der Waals surface area contributed by atoms with Crippen molar-refractivity contribution in [1.29, 1.82) is 0 Å². The smallest absolute Gasteiger partial charge is 0.299 e. The van der Waals surface area contributed by atoms with E-state index in [0.717, 1.165) is 19.5 Å². The van der Waals surface area contributed by atoms with Crippen molar-refractivity contribution >= 4 is 21.8 Å². The lowest BCUT2D eigenvalue weighted by Crippen LogP contribution is -2.35. The van der Waals surface area contributed by atoms with Crippen LogP contribution in [-0.4, -0.2) is 23.9 Å². The first kappa shape index (κ1) is 10.3. The van der Waals surface area contributed by atoms with Crippen molar-refractivity contribution in [2.75, 3.05) is 13.1 Å². The molecule has 1 heterocycles. The minimum atomic E-state index is -0.0938. The van der Waals surface area contributed by atoms with Gasteiger partial charge in [-0.1, -0.05) is 11.1 Å². The van der Waals surface area contributed by atoms with E-state index in [-0.39, 0.29) is 5.91 Å². The highest BCUT2D eigenvalue weighted by Crippen LogP contribution is 2.16. The lowest BCUT2D eigenvalue weighted by molar-refractivity contribution is -0.124. The fourth-order valence-corrected chi connectivity index (χ4v) is 1.48. The van der Waals surface area contributed by atoms with Crippen LogP contribution in [0.4, 0.5) is 0 Å². The average Bonchev–Trinajstić information content (AvgIpc) is 2.10. The van der Waals surface area contributed by atoms with Crippen LogP contribution in [-0.2, 0) is 4.79 Å². The summed E-state index contributed by atoms with van der Waals surface area (Å²) in [4.78, 5) is 15.6. The summed E-state index contributed by atoms with van der Waals surface area (Å²) in [6.45, 7) is 5.71. The molecule has 1 rings (SSSR count). The van der Waals surface area contributed by atoms with Crippen molar-refractivity contribution in [3.8, 4) is 10.8 Å². The molecular formula is C10H12BrNO. The molecule has 0 bridgehead atoms. The fraction of sp³-hybridized carbons (Fsp3) is 0.500. The molecule has 0 aliphatic carbocycles. The quantitative estimate of drug-likeness (QED) is 0.469. The molecule has 1 amide bonds. The summed E-state index contributed by atoms with van der Waals surface area (Å²) in [5.41, 5.74) is 2.69. The van der Waals surface area contributed by atoms with Crippen molar-refractivity contribution in [3.05, 3.63) is 11.1 Å². The van der Waals surface area contributed by atoms with Crippen LogP contribution in [0, 0.1) is 10.8 Å². The molecule has 0 aromatic carbocycles. The molecule has 0 atom stereocenters. The summed E-state index contributed by atoms with van der Waals surface area (Å²) in [7, 11) is 0. The van der Waals surface area contributed by atoms with Crippen LogP contribution in [0.5, 0.6) is 0 Å². The first-order chi connectivity index (χ1) is 6.15. The standard InChI is InChI=1S/C10H12BrNO/c1-8-4-6-12(7-9(8)2)10(13)3-5-11/h4,6-7H2,1-2H3. The molecule has 0 fully saturated rings. The van der Waals surface area contributed by atoms with Crippen molar-refractivity contribution in [2.45, 2.75) is 20.3 Å². The number of hydrogen-bond acceptors (Lipinski definition) is 1. The monoisotopic (exact) mass is 241 g/mol. The second kappa shape index (κ2) is 4.48. The predicted octanol–water partition coefficient (Wildman–Crippen LogP) is 1.91. The van der Waals surface area contributed by atoms with Crippen LogP contribution in [0.1, 0.15) is 20.3 Å². The maximum absolute atomic E-state index is 11.4. The van der Waals surface area contributed by atoms with Gasteiger partial charge in [0.1, 0.15) is 0 Å². The van der Waals surface area contributed by atoms with Gasteiger partial charge in [-0.05, 0) is 25.1 Å². The average molecular weight is 242 g/mol. The van der Waals surface area contributed by atoms with Gasteiger partial charge in [0.2, 0.25) is 0 Å². The Morgan fingerprint density at radius 2 is 2.15 bits per heavy atom. The Labute approximate surface area is 87.1 Å². The van der Waals surface area contributed by atoms with E-state index in [1.54, 1.807) is 4.90 Å². The Morgan fingerprint density at radius 3 is 2.69 bits per heavy atom. The van der Waals surface area contributed by atoms with Crippen molar-refractivity contribution in [1.82, 2.24) is 4.90 Å². The molecule has 0 N–H and O–H groups in total. The molecule has 0 unspecified atom stereocenters. The zero-order chi connectivity index (χ0) is 9.84. The predicted molar refractivity (Wildman–Crippen MR) is 56.3 cm³/mol. The second-order valence-corrected chi connectivity index (χ2v) is 3.65. The van der Waals surface area contributed by atoms with Gasteiger partial charge in [-0.25, -0.2) is 0 Å². The van der Waals surface area contributed by atoms with Gasteiger partial charge in [0.25, 0.3) is 5.91 Å². The molecule has 0 aromatic rings. The Morgan fingerprint density at radius 1 is 1.46 bits per heavy atom. The minimum absolute atomic E-state index is 0.0938. The van der Waals surface area contributed by atoms with E-state index in [0.29, 0.717) is 0 Å². The third-order valence-electron chi connectivity index (χ3n) is 2.35. The summed E-state index contributed by atoms with van der Waals surface area (Å²) in [5.74, 6) is 2.39.